The topological polar surface area (TPSA) is 75.4 Å². The minimum Gasteiger partial charge on any atom is -0.384 e. The molecule has 3 heterocycles. The lowest BCUT2D eigenvalue weighted by atomic mass is 10.2. The molecule has 1 aliphatic heterocycles. The second kappa shape index (κ2) is 7.72. The van der Waals surface area contributed by atoms with Gasteiger partial charge in [0.25, 0.3) is 0 Å². The molecule has 7 heteroatoms. The number of nitrogens with two attached hydrogens (primary N) is 1. The van der Waals surface area contributed by atoms with Crippen LogP contribution in [0.3, 0.4) is 0 Å². The van der Waals surface area contributed by atoms with Crippen LogP contribution in [0.5, 0.6) is 0 Å². The van der Waals surface area contributed by atoms with Crippen LogP contribution >= 0.6 is 11.3 Å². The number of thiophene rings is 1. The van der Waals surface area contributed by atoms with E-state index in [1.807, 2.05) is 4.90 Å². The van der Waals surface area contributed by atoms with Gasteiger partial charge in [0, 0.05) is 31.7 Å². The average molecular weight is 345 g/mol. The Labute approximate surface area is 146 Å². The summed E-state index contributed by atoms with van der Waals surface area (Å²) < 4.78 is 0. The molecule has 3 rings (SSSR count). The van der Waals surface area contributed by atoms with Crippen LogP contribution in [0.15, 0.2) is 29.1 Å². The van der Waals surface area contributed by atoms with Crippen LogP contribution in [-0.2, 0) is 17.8 Å². The van der Waals surface area contributed by atoms with Gasteiger partial charge in [0.05, 0.1) is 6.54 Å². The van der Waals surface area contributed by atoms with Crippen molar-refractivity contribution in [3.8, 4) is 0 Å². The molecule has 1 saturated heterocycles. The Bertz CT molecular complexity index is 675. The molecule has 1 amide bonds. The van der Waals surface area contributed by atoms with Gasteiger partial charge >= 0.3 is 0 Å². The first kappa shape index (κ1) is 16.9. The van der Waals surface area contributed by atoms with Crippen molar-refractivity contribution in [2.75, 3.05) is 25.9 Å². The highest BCUT2D eigenvalue weighted by molar-refractivity contribution is 7.07. The number of rotatable bonds is 6. The normalized spacial score (nSPS) is 17.6. The largest absolute Gasteiger partial charge is 0.384 e. The fourth-order valence-corrected chi connectivity index (χ4v) is 3.72. The van der Waals surface area contributed by atoms with E-state index < -0.39 is 0 Å². The number of anilines is 1. The third-order valence-electron chi connectivity index (χ3n) is 4.46. The van der Waals surface area contributed by atoms with Crippen molar-refractivity contribution >= 4 is 23.1 Å². The van der Waals surface area contributed by atoms with Crippen molar-refractivity contribution < 1.29 is 4.79 Å². The van der Waals surface area contributed by atoms with Gasteiger partial charge in [-0.05, 0) is 48.3 Å². The molecule has 0 saturated carbocycles. The molecule has 6 nitrogen and oxygen atoms in total. The highest BCUT2D eigenvalue weighted by Gasteiger charge is 2.28. The SMILES string of the molecule is CN(Cc1nccc(N)n1)C1CCN(C(=O)CCc2ccsc2)C1. The van der Waals surface area contributed by atoms with Crippen molar-refractivity contribution in [1.29, 1.82) is 0 Å². The fourth-order valence-electron chi connectivity index (χ4n) is 3.02. The van der Waals surface area contributed by atoms with Gasteiger partial charge in [-0.1, -0.05) is 0 Å². The van der Waals surface area contributed by atoms with Gasteiger partial charge in [-0.2, -0.15) is 11.3 Å². The minimum absolute atomic E-state index is 0.248. The molecule has 1 unspecified atom stereocenters. The van der Waals surface area contributed by atoms with E-state index in [-0.39, 0.29) is 5.91 Å². The van der Waals surface area contributed by atoms with Crippen LogP contribution in [-0.4, -0.2) is 51.9 Å². The Hall–Kier alpha value is -1.99. The summed E-state index contributed by atoms with van der Waals surface area (Å²) in [5, 5.41) is 4.17. The number of carbonyl (C=O) groups is 1. The van der Waals surface area contributed by atoms with Gasteiger partial charge in [0.15, 0.2) is 0 Å². The number of nitrogens with zero attached hydrogens (tertiary/aromatic N) is 4. The first-order chi connectivity index (χ1) is 11.6. The molecule has 2 N–H and O–H groups in total. The van der Waals surface area contributed by atoms with Crippen molar-refractivity contribution in [1.82, 2.24) is 19.8 Å². The summed E-state index contributed by atoms with van der Waals surface area (Å²) in [4.78, 5) is 25.1. The summed E-state index contributed by atoms with van der Waals surface area (Å²) in [5.74, 6) is 1.46. The summed E-state index contributed by atoms with van der Waals surface area (Å²) in [5.41, 5.74) is 6.95. The average Bonchev–Trinajstić information content (AvgIpc) is 3.24. The lowest BCUT2D eigenvalue weighted by Gasteiger charge is -2.24. The van der Waals surface area contributed by atoms with E-state index in [0.29, 0.717) is 24.8 Å². The number of hydrogen-bond acceptors (Lipinski definition) is 6. The fraction of sp³-hybridized carbons (Fsp3) is 0.471. The van der Waals surface area contributed by atoms with Crippen molar-refractivity contribution in [2.45, 2.75) is 31.8 Å². The maximum Gasteiger partial charge on any atom is 0.222 e. The highest BCUT2D eigenvalue weighted by Crippen LogP contribution is 2.18. The molecule has 0 radical (unpaired) electrons. The zero-order valence-electron chi connectivity index (χ0n) is 13.9. The van der Waals surface area contributed by atoms with Crippen LogP contribution in [0.2, 0.25) is 0 Å². The highest BCUT2D eigenvalue weighted by atomic mass is 32.1. The second-order valence-corrected chi connectivity index (χ2v) is 7.01. The van der Waals surface area contributed by atoms with Crippen LogP contribution in [0.25, 0.3) is 0 Å². The molecule has 1 aliphatic rings. The smallest absolute Gasteiger partial charge is 0.222 e. The maximum atomic E-state index is 12.4. The van der Waals surface area contributed by atoms with Crippen LogP contribution in [0.4, 0.5) is 5.82 Å². The summed E-state index contributed by atoms with van der Waals surface area (Å²) >= 11 is 1.68. The Morgan fingerprint density at radius 2 is 2.38 bits per heavy atom. The summed E-state index contributed by atoms with van der Waals surface area (Å²) in [6, 6.07) is 4.12. The molecule has 128 valence electrons. The van der Waals surface area contributed by atoms with Crippen LogP contribution < -0.4 is 5.73 Å². The number of likely N-dealkylation sites (N-methyl/N-ethyl adjacent to an activating group) is 1. The predicted molar refractivity (Wildman–Crippen MR) is 95.5 cm³/mol. The molecule has 2 aromatic rings. The summed E-state index contributed by atoms with van der Waals surface area (Å²) in [7, 11) is 2.05. The molecular formula is C17H23N5OS. The number of nitrogen functional groups attached to an aromatic ring is 1. The Balaban J connectivity index is 1.48. The molecule has 2 aromatic heterocycles. The van der Waals surface area contributed by atoms with Gasteiger partial charge in [0.2, 0.25) is 5.91 Å². The molecule has 0 aromatic carbocycles. The Morgan fingerprint density at radius 3 is 3.12 bits per heavy atom. The van der Waals surface area contributed by atoms with Crippen molar-refractivity contribution in [3.05, 3.63) is 40.5 Å². The number of hydrogen-bond donors (Lipinski definition) is 1. The standard InChI is InChI=1S/C17H23N5OS/c1-21(11-16-19-7-4-15(18)20-16)14-5-8-22(10-14)17(23)3-2-13-6-9-24-12-13/h4,6-7,9,12,14H,2-3,5,8,10-11H2,1H3,(H2,18,19,20). The Morgan fingerprint density at radius 1 is 1.50 bits per heavy atom. The molecule has 24 heavy (non-hydrogen) atoms. The number of amides is 1. The van der Waals surface area contributed by atoms with E-state index in [1.165, 1.54) is 5.56 Å². The van der Waals surface area contributed by atoms with Crippen molar-refractivity contribution in [3.63, 3.8) is 0 Å². The summed E-state index contributed by atoms with van der Waals surface area (Å²) in [6.07, 6.45) is 4.09. The monoisotopic (exact) mass is 345 g/mol. The lowest BCUT2D eigenvalue weighted by Crippen LogP contribution is -2.36. The molecule has 0 spiro atoms. The quantitative estimate of drug-likeness (QED) is 0.864. The first-order valence-corrected chi connectivity index (χ1v) is 9.12. The third-order valence-corrected chi connectivity index (χ3v) is 5.20. The van der Waals surface area contributed by atoms with Crippen LogP contribution in [0, 0.1) is 0 Å². The second-order valence-electron chi connectivity index (χ2n) is 6.23. The van der Waals surface area contributed by atoms with Crippen LogP contribution in [0.1, 0.15) is 24.2 Å². The van der Waals surface area contributed by atoms with E-state index in [1.54, 1.807) is 23.6 Å². The maximum absolute atomic E-state index is 12.4. The van der Waals surface area contributed by atoms with Gasteiger partial charge in [-0.3, -0.25) is 9.69 Å². The number of aromatic nitrogens is 2. The zero-order chi connectivity index (χ0) is 16.9. The zero-order valence-corrected chi connectivity index (χ0v) is 14.7. The molecule has 0 bridgehead atoms. The number of carbonyl (C=O) groups excluding carboxylic acids is 1. The van der Waals surface area contributed by atoms with Gasteiger partial charge in [0.1, 0.15) is 11.6 Å². The van der Waals surface area contributed by atoms with Gasteiger partial charge in [-0.25, -0.2) is 9.97 Å². The van der Waals surface area contributed by atoms with E-state index in [4.69, 9.17) is 5.73 Å². The van der Waals surface area contributed by atoms with E-state index in [0.717, 1.165) is 31.8 Å². The van der Waals surface area contributed by atoms with Gasteiger partial charge in [-0.15, -0.1) is 0 Å². The third kappa shape index (κ3) is 4.30. The van der Waals surface area contributed by atoms with Gasteiger partial charge < -0.3 is 10.6 Å². The number of aryl methyl sites for hydroxylation is 1. The first-order valence-electron chi connectivity index (χ1n) is 8.18. The molecule has 0 aliphatic carbocycles. The summed E-state index contributed by atoms with van der Waals surface area (Å²) in [6.45, 7) is 2.25. The number of likely N-dealkylation sites (tertiary alicyclic amines) is 1. The minimum atomic E-state index is 0.248. The van der Waals surface area contributed by atoms with Crippen molar-refractivity contribution in [2.24, 2.45) is 0 Å². The Kier molecular flexibility index (Phi) is 5.42. The molecular weight excluding hydrogens is 322 g/mol. The lowest BCUT2D eigenvalue weighted by molar-refractivity contribution is -0.130. The molecule has 1 fully saturated rings. The predicted octanol–water partition coefficient (Wildman–Crippen LogP) is 1.79. The van der Waals surface area contributed by atoms with E-state index in [9.17, 15) is 4.79 Å². The van der Waals surface area contributed by atoms with E-state index >= 15 is 0 Å². The van der Waals surface area contributed by atoms with E-state index in [2.05, 4.69) is 38.7 Å². The molecule has 1 atom stereocenters.